The van der Waals surface area contributed by atoms with E-state index >= 15 is 0 Å². The first-order valence-electron chi connectivity index (χ1n) is 4.78. The van der Waals surface area contributed by atoms with Gasteiger partial charge in [0.1, 0.15) is 5.82 Å². The molecule has 0 aromatic heterocycles. The van der Waals surface area contributed by atoms with E-state index in [0.717, 1.165) is 0 Å². The molecule has 82 valence electrons. The van der Waals surface area contributed by atoms with Crippen molar-refractivity contribution >= 4 is 15.9 Å². The van der Waals surface area contributed by atoms with Crippen LogP contribution in [0.1, 0.15) is 11.7 Å². The summed E-state index contributed by atoms with van der Waals surface area (Å²) in [6.45, 7) is 1.29. The molecule has 1 aliphatic rings. The Kier molecular flexibility index (Phi) is 3.38. The summed E-state index contributed by atoms with van der Waals surface area (Å²) >= 11 is 3.17. The van der Waals surface area contributed by atoms with E-state index in [9.17, 15) is 4.39 Å². The maximum Gasteiger partial charge on any atom is 0.143 e. The van der Waals surface area contributed by atoms with Crippen molar-refractivity contribution in [2.24, 2.45) is 5.92 Å². The van der Waals surface area contributed by atoms with Crippen LogP contribution in [-0.4, -0.2) is 20.3 Å². The lowest BCUT2D eigenvalue weighted by molar-refractivity contribution is -0.106. The summed E-state index contributed by atoms with van der Waals surface area (Å²) in [4.78, 5) is 0. The monoisotopic (exact) mass is 274 g/mol. The standard InChI is InChI=1S/C11H12BrFO2/c1-14-11(7-5-15-6-7)8-3-2-4-9(12)10(8)13/h2-4,7,11H,5-6H2,1H3. The van der Waals surface area contributed by atoms with Crippen LogP contribution in [-0.2, 0) is 9.47 Å². The molecule has 1 aromatic rings. The van der Waals surface area contributed by atoms with Crippen LogP contribution in [0.25, 0.3) is 0 Å². The molecule has 0 spiro atoms. The first kappa shape index (κ1) is 11.0. The Morgan fingerprint density at radius 3 is 2.80 bits per heavy atom. The Morgan fingerprint density at radius 2 is 2.27 bits per heavy atom. The van der Waals surface area contributed by atoms with Crippen LogP contribution >= 0.6 is 15.9 Å². The van der Waals surface area contributed by atoms with E-state index in [4.69, 9.17) is 9.47 Å². The van der Waals surface area contributed by atoms with Gasteiger partial charge in [0.2, 0.25) is 0 Å². The molecule has 4 heteroatoms. The second-order valence-corrected chi connectivity index (χ2v) is 4.45. The maximum atomic E-state index is 13.8. The Morgan fingerprint density at radius 1 is 1.53 bits per heavy atom. The minimum Gasteiger partial charge on any atom is -0.380 e. The molecular weight excluding hydrogens is 263 g/mol. The lowest BCUT2D eigenvalue weighted by Crippen LogP contribution is -2.34. The van der Waals surface area contributed by atoms with Crippen molar-refractivity contribution in [3.8, 4) is 0 Å². The highest BCUT2D eigenvalue weighted by Gasteiger charge is 2.31. The molecule has 1 saturated heterocycles. The summed E-state index contributed by atoms with van der Waals surface area (Å²) < 4.78 is 24.7. The molecule has 2 rings (SSSR count). The Hall–Kier alpha value is -0.450. The van der Waals surface area contributed by atoms with Crippen molar-refractivity contribution in [3.63, 3.8) is 0 Å². The van der Waals surface area contributed by atoms with Crippen LogP contribution in [0.4, 0.5) is 4.39 Å². The fourth-order valence-corrected chi connectivity index (χ4v) is 2.12. The second kappa shape index (κ2) is 4.60. The zero-order valence-electron chi connectivity index (χ0n) is 8.37. The van der Waals surface area contributed by atoms with Gasteiger partial charge in [0.15, 0.2) is 0 Å². The second-order valence-electron chi connectivity index (χ2n) is 3.60. The van der Waals surface area contributed by atoms with Crippen molar-refractivity contribution < 1.29 is 13.9 Å². The van der Waals surface area contributed by atoms with Crippen LogP contribution in [0.5, 0.6) is 0 Å². The molecular formula is C11H12BrFO2. The lowest BCUT2D eigenvalue weighted by atomic mass is 9.94. The molecule has 1 fully saturated rings. The quantitative estimate of drug-likeness (QED) is 0.844. The van der Waals surface area contributed by atoms with E-state index in [1.54, 1.807) is 19.2 Å². The predicted octanol–water partition coefficient (Wildman–Crippen LogP) is 2.92. The minimum absolute atomic E-state index is 0.212. The van der Waals surface area contributed by atoms with E-state index < -0.39 is 0 Å². The molecule has 0 amide bonds. The van der Waals surface area contributed by atoms with Crippen molar-refractivity contribution in [1.29, 1.82) is 0 Å². The van der Waals surface area contributed by atoms with Gasteiger partial charge in [-0.1, -0.05) is 12.1 Å². The van der Waals surface area contributed by atoms with Gasteiger partial charge in [-0.3, -0.25) is 0 Å². The fraction of sp³-hybridized carbons (Fsp3) is 0.455. The largest absolute Gasteiger partial charge is 0.380 e. The third kappa shape index (κ3) is 2.07. The molecule has 1 aromatic carbocycles. The van der Waals surface area contributed by atoms with Gasteiger partial charge in [0, 0.05) is 18.6 Å². The van der Waals surface area contributed by atoms with E-state index in [1.807, 2.05) is 6.07 Å². The van der Waals surface area contributed by atoms with Gasteiger partial charge in [0.25, 0.3) is 0 Å². The zero-order valence-corrected chi connectivity index (χ0v) is 9.96. The van der Waals surface area contributed by atoms with Crippen molar-refractivity contribution in [3.05, 3.63) is 34.1 Å². The highest BCUT2D eigenvalue weighted by atomic mass is 79.9. The summed E-state index contributed by atoms with van der Waals surface area (Å²) in [5, 5.41) is 0. The van der Waals surface area contributed by atoms with Crippen LogP contribution in [0.2, 0.25) is 0 Å². The maximum absolute atomic E-state index is 13.8. The highest BCUT2D eigenvalue weighted by molar-refractivity contribution is 9.10. The zero-order chi connectivity index (χ0) is 10.8. The van der Waals surface area contributed by atoms with Gasteiger partial charge in [-0.2, -0.15) is 0 Å². The third-order valence-corrected chi connectivity index (χ3v) is 3.25. The van der Waals surface area contributed by atoms with Gasteiger partial charge in [-0.15, -0.1) is 0 Å². The Balaban J connectivity index is 2.29. The third-order valence-electron chi connectivity index (χ3n) is 2.63. The fourth-order valence-electron chi connectivity index (χ4n) is 1.74. The first-order chi connectivity index (χ1) is 7.24. The molecule has 0 radical (unpaired) electrons. The number of hydrogen-bond donors (Lipinski definition) is 0. The lowest BCUT2D eigenvalue weighted by Gasteiger charge is -2.33. The summed E-state index contributed by atoms with van der Waals surface area (Å²) in [6.07, 6.45) is -0.212. The molecule has 1 heterocycles. The van der Waals surface area contributed by atoms with Gasteiger partial charge in [-0.25, -0.2) is 4.39 Å². The topological polar surface area (TPSA) is 18.5 Å². The molecule has 15 heavy (non-hydrogen) atoms. The molecule has 0 aliphatic carbocycles. The molecule has 1 aliphatic heterocycles. The highest BCUT2D eigenvalue weighted by Crippen LogP contribution is 2.34. The number of hydrogen-bond acceptors (Lipinski definition) is 2. The van der Waals surface area contributed by atoms with Crippen LogP contribution < -0.4 is 0 Å². The van der Waals surface area contributed by atoms with Gasteiger partial charge >= 0.3 is 0 Å². The average Bonchev–Trinajstić information content (AvgIpc) is 2.16. The molecule has 0 bridgehead atoms. The van der Waals surface area contributed by atoms with Crippen molar-refractivity contribution in [1.82, 2.24) is 0 Å². The smallest absolute Gasteiger partial charge is 0.143 e. The summed E-state index contributed by atoms with van der Waals surface area (Å²) in [5.74, 6) is 0.0232. The normalized spacial score (nSPS) is 18.6. The van der Waals surface area contributed by atoms with E-state index in [2.05, 4.69) is 15.9 Å². The van der Waals surface area contributed by atoms with Gasteiger partial charge in [-0.05, 0) is 22.0 Å². The Bertz CT molecular complexity index is 352. The Labute approximate surface area is 96.5 Å². The van der Waals surface area contributed by atoms with Crippen molar-refractivity contribution in [2.75, 3.05) is 20.3 Å². The van der Waals surface area contributed by atoms with Crippen LogP contribution in [0.3, 0.4) is 0 Å². The van der Waals surface area contributed by atoms with E-state index in [0.29, 0.717) is 23.2 Å². The van der Waals surface area contributed by atoms with E-state index in [1.165, 1.54) is 0 Å². The number of rotatable bonds is 3. The first-order valence-corrected chi connectivity index (χ1v) is 5.57. The summed E-state index contributed by atoms with van der Waals surface area (Å²) in [7, 11) is 1.60. The molecule has 1 unspecified atom stereocenters. The average molecular weight is 275 g/mol. The minimum atomic E-state index is -0.240. The van der Waals surface area contributed by atoms with Gasteiger partial charge in [0.05, 0.1) is 23.8 Å². The van der Waals surface area contributed by atoms with Crippen LogP contribution in [0, 0.1) is 11.7 Å². The summed E-state index contributed by atoms with van der Waals surface area (Å²) in [5.41, 5.74) is 0.597. The number of ether oxygens (including phenoxy) is 2. The van der Waals surface area contributed by atoms with Crippen LogP contribution in [0.15, 0.2) is 22.7 Å². The van der Waals surface area contributed by atoms with E-state index in [-0.39, 0.29) is 17.8 Å². The predicted molar refractivity (Wildman–Crippen MR) is 58.2 cm³/mol. The number of methoxy groups -OCH3 is 1. The molecule has 0 saturated carbocycles. The summed E-state index contributed by atoms with van der Waals surface area (Å²) in [6, 6.07) is 5.25. The number of halogens is 2. The van der Waals surface area contributed by atoms with Crippen molar-refractivity contribution in [2.45, 2.75) is 6.10 Å². The van der Waals surface area contributed by atoms with Gasteiger partial charge < -0.3 is 9.47 Å². The molecule has 2 nitrogen and oxygen atoms in total. The molecule has 1 atom stereocenters. The molecule has 0 N–H and O–H groups in total. The SMILES string of the molecule is COC(c1cccc(Br)c1F)C1COC1. The number of benzene rings is 1.